The Bertz CT molecular complexity index is 839. The van der Waals surface area contributed by atoms with Crippen molar-refractivity contribution < 1.29 is 19.4 Å². The first-order chi connectivity index (χ1) is 17.0. The molecule has 2 unspecified atom stereocenters. The number of carbonyl (C=O) groups is 2. The highest BCUT2D eigenvalue weighted by Gasteiger charge is 2.47. The number of amides is 2. The number of piperazine rings is 1. The first-order valence-corrected chi connectivity index (χ1v) is 14.0. The van der Waals surface area contributed by atoms with E-state index >= 15 is 0 Å². The quantitative estimate of drug-likeness (QED) is 0.407. The first-order valence-electron chi connectivity index (χ1n) is 13.3. The van der Waals surface area contributed by atoms with Gasteiger partial charge in [-0.25, -0.2) is 4.90 Å². The molecule has 3 aliphatic rings. The van der Waals surface area contributed by atoms with Crippen molar-refractivity contribution in [3.8, 4) is 5.75 Å². The van der Waals surface area contributed by atoms with E-state index in [2.05, 4.69) is 23.3 Å². The predicted octanol–water partition coefficient (Wildman–Crippen LogP) is 3.57. The molecule has 8 heteroatoms. The van der Waals surface area contributed by atoms with E-state index in [0.717, 1.165) is 44.1 Å². The van der Waals surface area contributed by atoms with Gasteiger partial charge in [-0.15, -0.1) is 0 Å². The maximum atomic E-state index is 13.9. The summed E-state index contributed by atoms with van der Waals surface area (Å²) >= 11 is 4.39. The number of nitrogens with zero attached hydrogens (tertiary/aromatic N) is 1. The Morgan fingerprint density at radius 3 is 2.34 bits per heavy atom. The van der Waals surface area contributed by atoms with Crippen LogP contribution < -0.4 is 15.4 Å². The molecule has 1 aliphatic heterocycles. The van der Waals surface area contributed by atoms with Gasteiger partial charge in [0.1, 0.15) is 18.0 Å². The lowest BCUT2D eigenvalue weighted by Gasteiger charge is -2.47. The standard InChI is InChI=1S/C27H41N3O4S/c1-34-21-14-12-19(13-15-21)24(26(32)28-20-10-6-3-7-11-20)30-23(16-18-8-4-2-5-9-18)25(31)29-22(17-35)27(30)33/h12-15,18,20,22-24,27,33,35H,2-11,16-17H2,1H3,(H,28,32)(H,29,31)/t22-,23-,24?,27?/m0/s1. The fourth-order valence-corrected chi connectivity index (χ4v) is 6.37. The lowest BCUT2D eigenvalue weighted by molar-refractivity contribution is -0.158. The van der Waals surface area contributed by atoms with Gasteiger partial charge in [0.15, 0.2) is 0 Å². The van der Waals surface area contributed by atoms with Gasteiger partial charge in [0, 0.05) is 11.8 Å². The molecule has 0 radical (unpaired) electrons. The summed E-state index contributed by atoms with van der Waals surface area (Å²) in [5.41, 5.74) is 0.749. The summed E-state index contributed by atoms with van der Waals surface area (Å²) in [6.07, 6.45) is 10.7. The third-order valence-corrected chi connectivity index (χ3v) is 8.46. The molecule has 4 atom stereocenters. The number of benzene rings is 1. The van der Waals surface area contributed by atoms with Crippen LogP contribution in [0.1, 0.15) is 82.2 Å². The van der Waals surface area contributed by atoms with E-state index in [0.29, 0.717) is 23.8 Å². The van der Waals surface area contributed by atoms with Crippen LogP contribution in [0.4, 0.5) is 0 Å². The summed E-state index contributed by atoms with van der Waals surface area (Å²) < 4.78 is 5.33. The zero-order valence-electron chi connectivity index (χ0n) is 20.8. The predicted molar refractivity (Wildman–Crippen MR) is 139 cm³/mol. The van der Waals surface area contributed by atoms with Crippen molar-refractivity contribution in [2.75, 3.05) is 12.9 Å². The Kier molecular flexibility index (Phi) is 9.36. The Morgan fingerprint density at radius 1 is 1.11 bits per heavy atom. The van der Waals surface area contributed by atoms with Gasteiger partial charge in [0.2, 0.25) is 11.8 Å². The van der Waals surface area contributed by atoms with E-state index in [-0.39, 0.29) is 17.9 Å². The molecular formula is C27H41N3O4S. The first kappa shape index (κ1) is 26.3. The SMILES string of the molecule is COc1ccc(C(C(=O)NC2CCCCC2)N2C(O)[C@H](CS)NC(=O)[C@@H]2CC2CCCCC2)cc1. The van der Waals surface area contributed by atoms with Gasteiger partial charge >= 0.3 is 0 Å². The van der Waals surface area contributed by atoms with Crippen LogP contribution in [0.5, 0.6) is 5.75 Å². The molecule has 1 aromatic rings. The van der Waals surface area contributed by atoms with Crippen LogP contribution in [0.3, 0.4) is 0 Å². The summed E-state index contributed by atoms with van der Waals surface area (Å²) in [5, 5.41) is 17.7. The Hall–Kier alpha value is -1.77. The van der Waals surface area contributed by atoms with E-state index in [1.165, 1.54) is 25.7 Å². The molecule has 0 bridgehead atoms. The van der Waals surface area contributed by atoms with E-state index in [9.17, 15) is 14.7 Å². The maximum Gasteiger partial charge on any atom is 0.242 e. The smallest absolute Gasteiger partial charge is 0.242 e. The molecule has 194 valence electrons. The van der Waals surface area contributed by atoms with Crippen molar-refractivity contribution in [2.24, 2.45) is 5.92 Å². The maximum absolute atomic E-state index is 13.9. The molecule has 1 heterocycles. The van der Waals surface area contributed by atoms with Crippen LogP contribution in [-0.2, 0) is 9.59 Å². The number of aliphatic hydroxyl groups is 1. The average molecular weight is 504 g/mol. The number of hydrogen-bond donors (Lipinski definition) is 4. The largest absolute Gasteiger partial charge is 0.497 e. The number of nitrogens with one attached hydrogen (secondary N) is 2. The topological polar surface area (TPSA) is 90.9 Å². The summed E-state index contributed by atoms with van der Waals surface area (Å²) in [6.45, 7) is 0. The molecule has 1 aromatic carbocycles. The summed E-state index contributed by atoms with van der Waals surface area (Å²) in [7, 11) is 1.61. The molecular weight excluding hydrogens is 462 g/mol. The van der Waals surface area contributed by atoms with Crippen LogP contribution in [0.25, 0.3) is 0 Å². The molecule has 2 aliphatic carbocycles. The lowest BCUT2D eigenvalue weighted by Crippen LogP contribution is -2.68. The number of ether oxygens (including phenoxy) is 1. The monoisotopic (exact) mass is 503 g/mol. The van der Waals surface area contributed by atoms with Gasteiger partial charge < -0.3 is 20.5 Å². The third-order valence-electron chi connectivity index (χ3n) is 8.06. The fraction of sp³-hybridized carbons (Fsp3) is 0.704. The number of thiol groups is 1. The van der Waals surface area contributed by atoms with Gasteiger partial charge in [0.05, 0.1) is 19.2 Å². The average Bonchev–Trinajstić information content (AvgIpc) is 2.89. The van der Waals surface area contributed by atoms with Crippen molar-refractivity contribution in [1.82, 2.24) is 15.5 Å². The minimum absolute atomic E-state index is 0.121. The van der Waals surface area contributed by atoms with Crippen molar-refractivity contribution in [1.29, 1.82) is 0 Å². The number of carbonyl (C=O) groups excluding carboxylic acids is 2. The molecule has 0 spiro atoms. The van der Waals surface area contributed by atoms with E-state index in [4.69, 9.17) is 4.74 Å². The molecule has 1 saturated heterocycles. The molecule has 7 nitrogen and oxygen atoms in total. The summed E-state index contributed by atoms with van der Waals surface area (Å²) in [4.78, 5) is 29.1. The third kappa shape index (κ3) is 6.33. The van der Waals surface area contributed by atoms with E-state index in [1.807, 2.05) is 24.3 Å². The van der Waals surface area contributed by atoms with Crippen molar-refractivity contribution in [3.63, 3.8) is 0 Å². The molecule has 0 aromatic heterocycles. The van der Waals surface area contributed by atoms with Gasteiger partial charge in [-0.3, -0.25) is 9.59 Å². The highest BCUT2D eigenvalue weighted by Crippen LogP contribution is 2.36. The highest BCUT2D eigenvalue weighted by molar-refractivity contribution is 7.80. The normalized spacial score (nSPS) is 27.7. The molecule has 3 fully saturated rings. The number of hydrogen-bond acceptors (Lipinski definition) is 6. The summed E-state index contributed by atoms with van der Waals surface area (Å²) in [6, 6.07) is 5.64. The summed E-state index contributed by atoms with van der Waals surface area (Å²) in [5.74, 6) is 1.13. The fourth-order valence-electron chi connectivity index (χ4n) is 6.09. The second-order valence-electron chi connectivity index (χ2n) is 10.4. The second kappa shape index (κ2) is 12.5. The molecule has 2 amide bonds. The van der Waals surface area contributed by atoms with Crippen LogP contribution in [-0.4, -0.2) is 59.0 Å². The lowest BCUT2D eigenvalue weighted by atomic mass is 9.83. The molecule has 4 rings (SSSR count). The minimum atomic E-state index is -1.01. The van der Waals surface area contributed by atoms with Gasteiger partial charge in [-0.2, -0.15) is 12.6 Å². The van der Waals surface area contributed by atoms with Crippen molar-refractivity contribution in [3.05, 3.63) is 29.8 Å². The number of methoxy groups -OCH3 is 1. The van der Waals surface area contributed by atoms with Crippen molar-refractivity contribution >= 4 is 24.4 Å². The van der Waals surface area contributed by atoms with Crippen molar-refractivity contribution in [2.45, 2.75) is 101 Å². The zero-order chi connectivity index (χ0) is 24.8. The van der Waals surface area contributed by atoms with Crippen LogP contribution in [0, 0.1) is 5.92 Å². The highest BCUT2D eigenvalue weighted by atomic mass is 32.1. The second-order valence-corrected chi connectivity index (χ2v) is 10.8. The Labute approximate surface area is 214 Å². The zero-order valence-corrected chi connectivity index (χ0v) is 21.7. The number of rotatable bonds is 8. The van der Waals surface area contributed by atoms with Gasteiger partial charge in [-0.05, 0) is 42.9 Å². The number of aliphatic hydroxyl groups excluding tert-OH is 1. The van der Waals surface area contributed by atoms with Gasteiger partial charge in [0.25, 0.3) is 0 Å². The minimum Gasteiger partial charge on any atom is -0.497 e. The Balaban J connectivity index is 1.68. The molecule has 3 N–H and O–H groups in total. The van der Waals surface area contributed by atoms with Gasteiger partial charge in [-0.1, -0.05) is 63.5 Å². The van der Waals surface area contributed by atoms with Crippen LogP contribution in [0.15, 0.2) is 24.3 Å². The Morgan fingerprint density at radius 2 is 1.74 bits per heavy atom. The van der Waals surface area contributed by atoms with Crippen LogP contribution in [0.2, 0.25) is 0 Å². The van der Waals surface area contributed by atoms with Crippen LogP contribution >= 0.6 is 12.6 Å². The van der Waals surface area contributed by atoms with E-state index < -0.39 is 24.4 Å². The van der Waals surface area contributed by atoms with E-state index in [1.54, 1.807) is 12.0 Å². The molecule has 2 saturated carbocycles. The molecule has 35 heavy (non-hydrogen) atoms.